The van der Waals surface area contributed by atoms with Gasteiger partial charge >= 0.3 is 0 Å². The molecule has 1 atom stereocenters. The van der Waals surface area contributed by atoms with E-state index in [0.717, 1.165) is 32.7 Å². The summed E-state index contributed by atoms with van der Waals surface area (Å²) in [5, 5.41) is 2.11. The van der Waals surface area contributed by atoms with Gasteiger partial charge in [0.25, 0.3) is 0 Å². The second-order valence-corrected chi connectivity index (χ2v) is 5.73. The number of halogens is 2. The fourth-order valence-corrected chi connectivity index (χ4v) is 2.90. The maximum atomic E-state index is 11.9. The molecule has 116 valence electrons. The van der Waals surface area contributed by atoms with Gasteiger partial charge in [-0.25, -0.2) is 0 Å². The summed E-state index contributed by atoms with van der Waals surface area (Å²) in [6.45, 7) is 6.45. The highest BCUT2D eigenvalue weighted by Crippen LogP contribution is 2.13. The first kappa shape index (κ1) is 19.7. The Morgan fingerprint density at radius 1 is 1.35 bits per heavy atom. The van der Waals surface area contributed by atoms with Gasteiger partial charge < -0.3 is 10.6 Å². The average molecular weight is 340 g/mol. The summed E-state index contributed by atoms with van der Waals surface area (Å²) in [4.78, 5) is 17.6. The van der Waals surface area contributed by atoms with Gasteiger partial charge in [-0.3, -0.25) is 9.69 Å². The smallest absolute Gasteiger partial charge is 0.239 e. The van der Waals surface area contributed by atoms with Crippen LogP contribution < -0.4 is 5.73 Å². The van der Waals surface area contributed by atoms with Gasteiger partial charge in [0.05, 0.1) is 6.04 Å². The Morgan fingerprint density at radius 2 is 2.00 bits per heavy atom. The van der Waals surface area contributed by atoms with E-state index in [1.807, 2.05) is 11.8 Å². The molecule has 1 aliphatic rings. The van der Waals surface area contributed by atoms with Crippen molar-refractivity contribution in [3.63, 3.8) is 0 Å². The zero-order valence-corrected chi connectivity index (χ0v) is 14.1. The molecule has 20 heavy (non-hydrogen) atoms. The highest BCUT2D eigenvalue weighted by Gasteiger charge is 2.24. The van der Waals surface area contributed by atoms with Gasteiger partial charge in [0.1, 0.15) is 0 Å². The van der Waals surface area contributed by atoms with Crippen LogP contribution in [0.5, 0.6) is 0 Å². The Bertz CT molecular complexity index is 381. The van der Waals surface area contributed by atoms with Gasteiger partial charge in [-0.2, -0.15) is 0 Å². The monoisotopic (exact) mass is 339 g/mol. The SMILES string of the molecule is CC[C@H](N)C(=O)N1CCN(Cc2cccs2)CC1.Cl.Cl. The average Bonchev–Trinajstić information content (AvgIpc) is 2.91. The molecule has 0 bridgehead atoms. The van der Waals surface area contributed by atoms with E-state index in [1.165, 1.54) is 4.88 Å². The van der Waals surface area contributed by atoms with Crippen LogP contribution in [0.2, 0.25) is 0 Å². The molecule has 1 amide bonds. The van der Waals surface area contributed by atoms with Crippen molar-refractivity contribution >= 4 is 42.1 Å². The summed E-state index contributed by atoms with van der Waals surface area (Å²) in [5.41, 5.74) is 5.79. The fraction of sp³-hybridized carbons (Fsp3) is 0.615. The van der Waals surface area contributed by atoms with Crippen LogP contribution in [0.15, 0.2) is 17.5 Å². The van der Waals surface area contributed by atoms with Crippen molar-refractivity contribution in [2.24, 2.45) is 5.73 Å². The standard InChI is InChI=1S/C13H21N3OS.2ClH/c1-2-12(14)13(17)16-7-5-15(6-8-16)10-11-4-3-9-18-11;;/h3-4,9,12H,2,5-8,10,14H2,1H3;2*1H/t12-;;/m0../s1. The van der Waals surface area contributed by atoms with Crippen molar-refractivity contribution in [1.29, 1.82) is 0 Å². The minimum atomic E-state index is -0.325. The number of nitrogens with zero attached hydrogens (tertiary/aromatic N) is 2. The van der Waals surface area contributed by atoms with Crippen molar-refractivity contribution in [3.8, 4) is 0 Å². The van der Waals surface area contributed by atoms with Crippen LogP contribution in [0.25, 0.3) is 0 Å². The summed E-state index contributed by atoms with van der Waals surface area (Å²) in [5.74, 6) is 0.105. The molecule has 2 N–H and O–H groups in total. The first-order chi connectivity index (χ1) is 8.70. The topological polar surface area (TPSA) is 49.6 Å². The van der Waals surface area contributed by atoms with Crippen molar-refractivity contribution in [1.82, 2.24) is 9.80 Å². The van der Waals surface area contributed by atoms with E-state index in [4.69, 9.17) is 5.73 Å². The number of thiophene rings is 1. The second-order valence-electron chi connectivity index (χ2n) is 4.70. The van der Waals surface area contributed by atoms with Crippen LogP contribution in [-0.2, 0) is 11.3 Å². The molecule has 1 saturated heterocycles. The van der Waals surface area contributed by atoms with Gasteiger partial charge in [-0.1, -0.05) is 13.0 Å². The molecule has 0 unspecified atom stereocenters. The number of piperazine rings is 1. The van der Waals surface area contributed by atoms with Gasteiger partial charge in [0.15, 0.2) is 0 Å². The second kappa shape index (κ2) is 9.58. The minimum absolute atomic E-state index is 0. The number of carbonyl (C=O) groups excluding carboxylic acids is 1. The molecule has 7 heteroatoms. The number of nitrogens with two attached hydrogens (primary N) is 1. The molecule has 1 aromatic rings. The van der Waals surface area contributed by atoms with E-state index >= 15 is 0 Å². The number of hydrogen-bond donors (Lipinski definition) is 1. The Labute approximate surface area is 137 Å². The first-order valence-corrected chi connectivity index (χ1v) is 7.37. The molecule has 0 spiro atoms. The van der Waals surface area contributed by atoms with E-state index in [1.54, 1.807) is 11.3 Å². The lowest BCUT2D eigenvalue weighted by atomic mass is 10.2. The van der Waals surface area contributed by atoms with Crippen LogP contribution in [0, 0.1) is 0 Å². The lowest BCUT2D eigenvalue weighted by Gasteiger charge is -2.35. The van der Waals surface area contributed by atoms with Gasteiger partial charge in [-0.05, 0) is 17.9 Å². The Kier molecular flexibility index (Phi) is 9.42. The Balaban J connectivity index is 0.00000180. The van der Waals surface area contributed by atoms with Crippen LogP contribution in [-0.4, -0.2) is 47.9 Å². The van der Waals surface area contributed by atoms with Crippen molar-refractivity contribution < 1.29 is 4.79 Å². The first-order valence-electron chi connectivity index (χ1n) is 6.49. The van der Waals surface area contributed by atoms with E-state index in [-0.39, 0.29) is 36.8 Å². The van der Waals surface area contributed by atoms with E-state index < -0.39 is 0 Å². The quantitative estimate of drug-likeness (QED) is 0.912. The number of hydrogen-bond acceptors (Lipinski definition) is 4. The summed E-state index contributed by atoms with van der Waals surface area (Å²) < 4.78 is 0. The summed E-state index contributed by atoms with van der Waals surface area (Å²) in [7, 11) is 0. The Hall–Kier alpha value is -0.330. The summed E-state index contributed by atoms with van der Waals surface area (Å²) in [6, 6.07) is 3.92. The molecule has 0 saturated carbocycles. The van der Waals surface area contributed by atoms with E-state index in [0.29, 0.717) is 6.42 Å². The predicted octanol–water partition coefficient (Wildman–Crippen LogP) is 1.97. The number of carbonyl (C=O) groups is 1. The normalized spacial score (nSPS) is 17.0. The van der Waals surface area contributed by atoms with Crippen molar-refractivity contribution in [2.45, 2.75) is 25.9 Å². The highest BCUT2D eigenvalue weighted by molar-refractivity contribution is 7.09. The van der Waals surface area contributed by atoms with Gasteiger partial charge in [0.2, 0.25) is 5.91 Å². The molecular weight excluding hydrogens is 317 g/mol. The lowest BCUT2D eigenvalue weighted by molar-refractivity contribution is -0.134. The third kappa shape index (κ3) is 5.22. The Morgan fingerprint density at radius 3 is 2.50 bits per heavy atom. The molecule has 1 aromatic heterocycles. The number of amides is 1. The molecule has 1 aliphatic heterocycles. The van der Waals surface area contributed by atoms with Crippen LogP contribution in [0.1, 0.15) is 18.2 Å². The molecule has 4 nitrogen and oxygen atoms in total. The summed E-state index contributed by atoms with van der Waals surface area (Å²) in [6.07, 6.45) is 0.717. The molecule has 2 rings (SSSR count). The third-order valence-corrected chi connectivity index (χ3v) is 4.26. The highest BCUT2D eigenvalue weighted by atomic mass is 35.5. The summed E-state index contributed by atoms with van der Waals surface area (Å²) >= 11 is 1.79. The van der Waals surface area contributed by atoms with Crippen LogP contribution >= 0.6 is 36.2 Å². The van der Waals surface area contributed by atoms with Crippen molar-refractivity contribution in [2.75, 3.05) is 26.2 Å². The van der Waals surface area contributed by atoms with E-state index in [9.17, 15) is 4.79 Å². The van der Waals surface area contributed by atoms with Crippen LogP contribution in [0.4, 0.5) is 0 Å². The molecule has 1 fully saturated rings. The fourth-order valence-electron chi connectivity index (χ4n) is 2.16. The maximum Gasteiger partial charge on any atom is 0.239 e. The number of rotatable bonds is 4. The third-order valence-electron chi connectivity index (χ3n) is 3.40. The molecule has 2 heterocycles. The largest absolute Gasteiger partial charge is 0.339 e. The zero-order valence-electron chi connectivity index (χ0n) is 11.7. The molecule has 0 aliphatic carbocycles. The van der Waals surface area contributed by atoms with Gasteiger partial charge in [-0.15, -0.1) is 36.2 Å². The van der Waals surface area contributed by atoms with Gasteiger partial charge in [0, 0.05) is 37.6 Å². The van der Waals surface area contributed by atoms with Crippen molar-refractivity contribution in [3.05, 3.63) is 22.4 Å². The van der Waals surface area contributed by atoms with Crippen LogP contribution in [0.3, 0.4) is 0 Å². The molecular formula is C13H23Cl2N3OS. The van der Waals surface area contributed by atoms with E-state index in [2.05, 4.69) is 22.4 Å². The lowest BCUT2D eigenvalue weighted by Crippen LogP contribution is -2.52. The maximum absolute atomic E-state index is 11.9. The molecule has 0 aromatic carbocycles. The predicted molar refractivity (Wildman–Crippen MR) is 88.9 cm³/mol. The molecule has 0 radical (unpaired) electrons. The minimum Gasteiger partial charge on any atom is -0.339 e. The zero-order chi connectivity index (χ0) is 13.0.